The van der Waals surface area contributed by atoms with Gasteiger partial charge in [-0.05, 0) is 36.8 Å². The molecule has 0 saturated carbocycles. The van der Waals surface area contributed by atoms with E-state index in [4.69, 9.17) is 4.74 Å². The number of benzene rings is 1. The molecule has 0 aliphatic rings. The van der Waals surface area contributed by atoms with E-state index < -0.39 is 0 Å². The molecule has 122 valence electrons. The van der Waals surface area contributed by atoms with Gasteiger partial charge in [0.25, 0.3) is 5.91 Å². The van der Waals surface area contributed by atoms with Crippen molar-refractivity contribution in [2.24, 2.45) is 0 Å². The molecule has 3 aromatic rings. The van der Waals surface area contributed by atoms with E-state index in [0.717, 1.165) is 22.0 Å². The van der Waals surface area contributed by atoms with Gasteiger partial charge in [0.2, 0.25) is 0 Å². The highest BCUT2D eigenvalue weighted by Crippen LogP contribution is 2.26. The molecule has 0 radical (unpaired) electrons. The van der Waals surface area contributed by atoms with E-state index in [9.17, 15) is 4.79 Å². The molecule has 0 aliphatic carbocycles. The van der Waals surface area contributed by atoms with E-state index >= 15 is 0 Å². The SMILES string of the molecule is COc1cccc(CNC(=O)c2sc(-c3ccccn3)nc2C)c1. The second kappa shape index (κ2) is 7.23. The highest BCUT2D eigenvalue weighted by atomic mass is 32.1. The first-order valence-electron chi connectivity index (χ1n) is 7.47. The predicted octanol–water partition coefficient (Wildman–Crippen LogP) is 3.45. The van der Waals surface area contributed by atoms with Crippen LogP contribution in [-0.2, 0) is 6.54 Å². The molecule has 1 aromatic carbocycles. The first-order chi connectivity index (χ1) is 11.7. The van der Waals surface area contributed by atoms with Gasteiger partial charge in [0.1, 0.15) is 15.6 Å². The van der Waals surface area contributed by atoms with Crippen LogP contribution in [0.4, 0.5) is 0 Å². The van der Waals surface area contributed by atoms with E-state index in [-0.39, 0.29) is 5.91 Å². The van der Waals surface area contributed by atoms with Crippen LogP contribution in [0.3, 0.4) is 0 Å². The van der Waals surface area contributed by atoms with Crippen molar-refractivity contribution in [3.8, 4) is 16.5 Å². The molecule has 1 amide bonds. The van der Waals surface area contributed by atoms with Gasteiger partial charge in [0, 0.05) is 12.7 Å². The number of pyridine rings is 1. The fourth-order valence-electron chi connectivity index (χ4n) is 2.25. The topological polar surface area (TPSA) is 64.1 Å². The third-order valence-electron chi connectivity index (χ3n) is 3.47. The number of nitrogens with one attached hydrogen (secondary N) is 1. The molecule has 1 N–H and O–H groups in total. The average Bonchev–Trinajstić information content (AvgIpc) is 3.02. The number of aryl methyl sites for hydroxylation is 1. The maximum Gasteiger partial charge on any atom is 0.263 e. The summed E-state index contributed by atoms with van der Waals surface area (Å²) in [6.45, 7) is 2.27. The zero-order valence-corrected chi connectivity index (χ0v) is 14.3. The van der Waals surface area contributed by atoms with E-state index in [1.165, 1.54) is 11.3 Å². The largest absolute Gasteiger partial charge is 0.497 e. The Morgan fingerprint density at radius 3 is 2.88 bits per heavy atom. The minimum atomic E-state index is -0.130. The summed E-state index contributed by atoms with van der Waals surface area (Å²) in [5.41, 5.74) is 2.47. The molecular formula is C18H17N3O2S. The third kappa shape index (κ3) is 3.60. The Hall–Kier alpha value is -2.73. The van der Waals surface area contributed by atoms with Crippen LogP contribution in [0.2, 0.25) is 0 Å². The highest BCUT2D eigenvalue weighted by Gasteiger charge is 2.16. The molecule has 5 nitrogen and oxygen atoms in total. The molecule has 0 saturated heterocycles. The Kier molecular flexibility index (Phi) is 4.86. The number of carbonyl (C=O) groups is 1. The maximum absolute atomic E-state index is 12.4. The molecular weight excluding hydrogens is 322 g/mol. The zero-order valence-electron chi connectivity index (χ0n) is 13.4. The number of ether oxygens (including phenoxy) is 1. The number of hydrogen-bond donors (Lipinski definition) is 1. The summed E-state index contributed by atoms with van der Waals surface area (Å²) in [4.78, 5) is 21.8. The summed E-state index contributed by atoms with van der Waals surface area (Å²) in [6, 6.07) is 13.3. The van der Waals surface area contributed by atoms with Gasteiger partial charge in [0.15, 0.2) is 0 Å². The Labute approximate surface area is 144 Å². The third-order valence-corrected chi connectivity index (χ3v) is 4.65. The quantitative estimate of drug-likeness (QED) is 0.773. The number of methoxy groups -OCH3 is 1. The Balaban J connectivity index is 1.72. The fourth-order valence-corrected chi connectivity index (χ4v) is 3.21. The van der Waals surface area contributed by atoms with Crippen molar-refractivity contribution in [1.29, 1.82) is 0 Å². The molecule has 6 heteroatoms. The maximum atomic E-state index is 12.4. The normalized spacial score (nSPS) is 10.4. The monoisotopic (exact) mass is 339 g/mol. The summed E-state index contributed by atoms with van der Waals surface area (Å²) >= 11 is 1.35. The van der Waals surface area contributed by atoms with Crippen molar-refractivity contribution in [3.63, 3.8) is 0 Å². The van der Waals surface area contributed by atoms with Gasteiger partial charge in [-0.2, -0.15) is 0 Å². The molecule has 2 heterocycles. The molecule has 0 atom stereocenters. The van der Waals surface area contributed by atoms with Gasteiger partial charge in [0.05, 0.1) is 18.5 Å². The van der Waals surface area contributed by atoms with E-state index in [1.54, 1.807) is 13.3 Å². The molecule has 0 spiro atoms. The zero-order chi connectivity index (χ0) is 16.9. The second-order valence-electron chi connectivity index (χ2n) is 5.18. The van der Waals surface area contributed by atoms with Crippen LogP contribution in [0.5, 0.6) is 5.75 Å². The van der Waals surface area contributed by atoms with E-state index in [2.05, 4.69) is 15.3 Å². The number of carbonyl (C=O) groups excluding carboxylic acids is 1. The van der Waals surface area contributed by atoms with Gasteiger partial charge >= 0.3 is 0 Å². The summed E-state index contributed by atoms with van der Waals surface area (Å²) in [7, 11) is 1.62. The van der Waals surface area contributed by atoms with Crippen LogP contribution in [-0.4, -0.2) is 23.0 Å². The van der Waals surface area contributed by atoms with Crippen LogP contribution in [0.1, 0.15) is 20.9 Å². The predicted molar refractivity (Wildman–Crippen MR) is 94.2 cm³/mol. The standard InChI is InChI=1S/C18H17N3O2S/c1-12-16(24-18(21-12)15-8-3-4-9-19-15)17(22)20-11-13-6-5-7-14(10-13)23-2/h3-10H,11H2,1-2H3,(H,20,22). The first kappa shape index (κ1) is 16.1. The molecule has 0 aliphatic heterocycles. The van der Waals surface area contributed by atoms with Crippen LogP contribution < -0.4 is 10.1 Å². The van der Waals surface area contributed by atoms with Gasteiger partial charge in [-0.15, -0.1) is 11.3 Å². The van der Waals surface area contributed by atoms with E-state index in [0.29, 0.717) is 17.1 Å². The van der Waals surface area contributed by atoms with Gasteiger partial charge in [-0.1, -0.05) is 18.2 Å². The molecule has 0 fully saturated rings. The summed E-state index contributed by atoms with van der Waals surface area (Å²) in [5.74, 6) is 0.642. The minimum Gasteiger partial charge on any atom is -0.497 e. The van der Waals surface area contributed by atoms with Crippen molar-refractivity contribution in [2.75, 3.05) is 7.11 Å². The molecule has 2 aromatic heterocycles. The fraction of sp³-hybridized carbons (Fsp3) is 0.167. The summed E-state index contributed by atoms with van der Waals surface area (Å²) in [6.07, 6.45) is 1.72. The average molecular weight is 339 g/mol. The first-order valence-corrected chi connectivity index (χ1v) is 8.29. The number of aromatic nitrogens is 2. The van der Waals surface area contributed by atoms with Crippen molar-refractivity contribution in [1.82, 2.24) is 15.3 Å². The van der Waals surface area contributed by atoms with Crippen LogP contribution in [0.25, 0.3) is 10.7 Å². The van der Waals surface area contributed by atoms with Crippen molar-refractivity contribution in [3.05, 3.63) is 64.8 Å². The number of thiazole rings is 1. The Bertz CT molecular complexity index is 846. The summed E-state index contributed by atoms with van der Waals surface area (Å²) in [5, 5.41) is 3.68. The molecule has 0 unspecified atom stereocenters. The van der Waals surface area contributed by atoms with Crippen LogP contribution in [0, 0.1) is 6.92 Å². The van der Waals surface area contributed by atoms with Gasteiger partial charge in [-0.25, -0.2) is 4.98 Å². The van der Waals surface area contributed by atoms with Crippen LogP contribution in [0.15, 0.2) is 48.7 Å². The van der Waals surface area contributed by atoms with Crippen LogP contribution >= 0.6 is 11.3 Å². The van der Waals surface area contributed by atoms with Crippen molar-refractivity contribution >= 4 is 17.2 Å². The lowest BCUT2D eigenvalue weighted by molar-refractivity contribution is 0.0954. The van der Waals surface area contributed by atoms with E-state index in [1.807, 2.05) is 49.4 Å². The highest BCUT2D eigenvalue weighted by molar-refractivity contribution is 7.17. The lowest BCUT2D eigenvalue weighted by atomic mass is 10.2. The molecule has 0 bridgehead atoms. The van der Waals surface area contributed by atoms with Crippen molar-refractivity contribution in [2.45, 2.75) is 13.5 Å². The number of nitrogens with zero attached hydrogens (tertiary/aromatic N) is 2. The van der Waals surface area contributed by atoms with Gasteiger partial charge < -0.3 is 10.1 Å². The lowest BCUT2D eigenvalue weighted by Crippen LogP contribution is -2.22. The van der Waals surface area contributed by atoms with Crippen molar-refractivity contribution < 1.29 is 9.53 Å². The minimum absolute atomic E-state index is 0.130. The number of hydrogen-bond acceptors (Lipinski definition) is 5. The second-order valence-corrected chi connectivity index (χ2v) is 6.18. The number of amides is 1. The van der Waals surface area contributed by atoms with Gasteiger partial charge in [-0.3, -0.25) is 9.78 Å². The molecule has 24 heavy (non-hydrogen) atoms. The lowest BCUT2D eigenvalue weighted by Gasteiger charge is -2.06. The molecule has 3 rings (SSSR count). The summed E-state index contributed by atoms with van der Waals surface area (Å²) < 4.78 is 5.19. The Morgan fingerprint density at radius 1 is 1.25 bits per heavy atom. The number of rotatable bonds is 5. The smallest absolute Gasteiger partial charge is 0.263 e. The Morgan fingerprint density at radius 2 is 2.12 bits per heavy atom.